The second kappa shape index (κ2) is 2.60. The predicted octanol–water partition coefficient (Wildman–Crippen LogP) is 2.80. The summed E-state index contributed by atoms with van der Waals surface area (Å²) in [6.07, 6.45) is 3.38. The first-order valence-corrected chi connectivity index (χ1v) is 5.50. The quantitative estimate of drug-likeness (QED) is 0.663. The van der Waals surface area contributed by atoms with Crippen molar-refractivity contribution >= 4 is 0 Å². The Bertz CT molecular complexity index is 367. The maximum absolute atomic E-state index is 10.3. The fraction of sp³-hybridized carbons (Fsp3) is 0.538. The molecule has 1 aromatic rings. The van der Waals surface area contributed by atoms with Crippen molar-refractivity contribution in [2.75, 3.05) is 0 Å². The molecule has 3 atom stereocenters. The zero-order valence-electron chi connectivity index (χ0n) is 8.53. The first-order valence-electron chi connectivity index (χ1n) is 5.50. The van der Waals surface area contributed by atoms with Gasteiger partial charge in [0, 0.05) is 5.92 Å². The molecule has 3 aliphatic rings. The normalized spacial score (nSPS) is 39.6. The molecule has 1 heteroatoms. The lowest BCUT2D eigenvalue weighted by Gasteiger charge is -2.48. The van der Waals surface area contributed by atoms with Crippen LogP contribution in [0.4, 0.5) is 0 Å². The summed E-state index contributed by atoms with van der Waals surface area (Å²) < 4.78 is 0. The van der Waals surface area contributed by atoms with Crippen LogP contribution in [0.5, 0.6) is 0 Å². The minimum Gasteiger partial charge on any atom is -0.390 e. The summed E-state index contributed by atoms with van der Waals surface area (Å²) in [6.45, 7) is 2.00. The van der Waals surface area contributed by atoms with Crippen LogP contribution in [0.25, 0.3) is 0 Å². The van der Waals surface area contributed by atoms with Gasteiger partial charge in [0.2, 0.25) is 0 Å². The van der Waals surface area contributed by atoms with E-state index in [1.165, 1.54) is 17.5 Å². The molecule has 0 aromatic heterocycles. The van der Waals surface area contributed by atoms with Gasteiger partial charge in [0.1, 0.15) is 0 Å². The molecule has 0 radical (unpaired) electrons. The Balaban J connectivity index is 2.18. The van der Waals surface area contributed by atoms with E-state index < -0.39 is 5.60 Å². The molecular formula is C13H16O. The van der Waals surface area contributed by atoms with Gasteiger partial charge in [-0.15, -0.1) is 0 Å². The minimum atomic E-state index is -0.461. The number of aliphatic hydroxyl groups is 1. The molecular weight excluding hydrogens is 172 g/mol. The number of rotatable bonds is 0. The van der Waals surface area contributed by atoms with Crippen molar-refractivity contribution in [3.05, 3.63) is 35.4 Å². The molecule has 1 aromatic carbocycles. The molecule has 1 saturated carbocycles. The van der Waals surface area contributed by atoms with Gasteiger partial charge in [0.25, 0.3) is 0 Å². The smallest absolute Gasteiger partial charge is 0.0693 e. The second-order valence-electron chi connectivity index (χ2n) is 5.02. The third-order valence-electron chi connectivity index (χ3n) is 4.03. The zero-order chi connectivity index (χ0) is 9.76. The van der Waals surface area contributed by atoms with E-state index in [2.05, 4.69) is 24.3 Å². The van der Waals surface area contributed by atoms with Crippen LogP contribution in [0.15, 0.2) is 24.3 Å². The summed E-state index contributed by atoms with van der Waals surface area (Å²) in [5, 5.41) is 10.3. The van der Waals surface area contributed by atoms with Gasteiger partial charge in [-0.2, -0.15) is 0 Å². The fourth-order valence-electron chi connectivity index (χ4n) is 3.38. The van der Waals surface area contributed by atoms with Crippen LogP contribution < -0.4 is 0 Å². The Labute approximate surface area is 84.8 Å². The van der Waals surface area contributed by atoms with E-state index >= 15 is 0 Å². The van der Waals surface area contributed by atoms with Crippen molar-refractivity contribution in [2.45, 2.75) is 43.6 Å². The third kappa shape index (κ3) is 0.992. The van der Waals surface area contributed by atoms with E-state index in [9.17, 15) is 5.11 Å². The number of fused-ring (bicyclic) bond motifs is 2. The van der Waals surface area contributed by atoms with Crippen LogP contribution in [0.2, 0.25) is 0 Å². The van der Waals surface area contributed by atoms with Crippen LogP contribution in [0.3, 0.4) is 0 Å². The van der Waals surface area contributed by atoms with Gasteiger partial charge in [-0.3, -0.25) is 0 Å². The molecule has 3 aliphatic carbocycles. The summed E-state index contributed by atoms with van der Waals surface area (Å²) >= 11 is 0. The molecule has 74 valence electrons. The van der Waals surface area contributed by atoms with E-state index in [4.69, 9.17) is 0 Å². The lowest BCUT2D eigenvalue weighted by atomic mass is 9.60. The summed E-state index contributed by atoms with van der Waals surface area (Å²) in [7, 11) is 0. The molecule has 1 fully saturated rings. The third-order valence-corrected chi connectivity index (χ3v) is 4.03. The zero-order valence-corrected chi connectivity index (χ0v) is 8.53. The van der Waals surface area contributed by atoms with Crippen molar-refractivity contribution in [3.8, 4) is 0 Å². The lowest BCUT2D eigenvalue weighted by molar-refractivity contribution is -0.0168. The summed E-state index contributed by atoms with van der Waals surface area (Å²) in [6, 6.07) is 8.64. The standard InChI is InChI=1S/C13H16O/c1-13(14)8-9-6-7-12(13)11-5-3-2-4-10(9)11/h2-5,9,12,14H,6-8H2,1H3/t9-,12-,13-/m1/s1. The molecule has 0 spiro atoms. The summed E-state index contributed by atoms with van der Waals surface area (Å²) in [5.41, 5.74) is 2.44. The average molecular weight is 188 g/mol. The molecule has 14 heavy (non-hydrogen) atoms. The predicted molar refractivity (Wildman–Crippen MR) is 56.4 cm³/mol. The first kappa shape index (κ1) is 8.49. The molecule has 0 aliphatic heterocycles. The topological polar surface area (TPSA) is 20.2 Å². The number of hydrogen-bond donors (Lipinski definition) is 1. The Morgan fingerprint density at radius 1 is 1.21 bits per heavy atom. The first-order chi connectivity index (χ1) is 6.68. The van der Waals surface area contributed by atoms with E-state index in [-0.39, 0.29) is 0 Å². The molecule has 0 heterocycles. The highest BCUT2D eigenvalue weighted by Gasteiger charge is 2.45. The van der Waals surface area contributed by atoms with Crippen LogP contribution in [-0.2, 0) is 0 Å². The highest BCUT2D eigenvalue weighted by molar-refractivity contribution is 5.40. The van der Waals surface area contributed by atoms with Crippen LogP contribution in [0, 0.1) is 0 Å². The number of hydrogen-bond acceptors (Lipinski definition) is 1. The van der Waals surface area contributed by atoms with Crippen molar-refractivity contribution in [1.29, 1.82) is 0 Å². The van der Waals surface area contributed by atoms with Crippen LogP contribution >= 0.6 is 0 Å². The summed E-state index contributed by atoms with van der Waals surface area (Å²) in [4.78, 5) is 0. The molecule has 2 bridgehead atoms. The Morgan fingerprint density at radius 3 is 2.64 bits per heavy atom. The van der Waals surface area contributed by atoms with E-state index in [0.29, 0.717) is 11.8 Å². The van der Waals surface area contributed by atoms with Gasteiger partial charge < -0.3 is 5.11 Å². The summed E-state index contributed by atoms with van der Waals surface area (Å²) in [5.74, 6) is 0.981. The molecule has 4 rings (SSSR count). The van der Waals surface area contributed by atoms with Gasteiger partial charge in [-0.05, 0) is 43.2 Å². The van der Waals surface area contributed by atoms with Crippen LogP contribution in [-0.4, -0.2) is 10.7 Å². The highest BCUT2D eigenvalue weighted by atomic mass is 16.3. The van der Waals surface area contributed by atoms with E-state index in [0.717, 1.165) is 12.8 Å². The van der Waals surface area contributed by atoms with Crippen molar-refractivity contribution in [2.24, 2.45) is 0 Å². The monoisotopic (exact) mass is 188 g/mol. The molecule has 0 saturated heterocycles. The maximum atomic E-state index is 10.3. The van der Waals surface area contributed by atoms with Gasteiger partial charge in [-0.1, -0.05) is 24.3 Å². The largest absolute Gasteiger partial charge is 0.390 e. The van der Waals surface area contributed by atoms with Gasteiger partial charge >= 0.3 is 0 Å². The molecule has 0 unspecified atom stereocenters. The van der Waals surface area contributed by atoms with E-state index in [1.54, 1.807) is 0 Å². The highest BCUT2D eigenvalue weighted by Crippen LogP contribution is 2.53. The Hall–Kier alpha value is -0.820. The fourth-order valence-corrected chi connectivity index (χ4v) is 3.38. The van der Waals surface area contributed by atoms with Crippen molar-refractivity contribution in [3.63, 3.8) is 0 Å². The van der Waals surface area contributed by atoms with Gasteiger partial charge in [0.05, 0.1) is 5.60 Å². The average Bonchev–Trinajstić information content (AvgIpc) is 2.17. The van der Waals surface area contributed by atoms with Gasteiger partial charge in [-0.25, -0.2) is 0 Å². The van der Waals surface area contributed by atoms with Crippen molar-refractivity contribution < 1.29 is 5.11 Å². The Kier molecular flexibility index (Phi) is 1.58. The Morgan fingerprint density at radius 2 is 1.93 bits per heavy atom. The van der Waals surface area contributed by atoms with Crippen LogP contribution in [0.1, 0.15) is 49.1 Å². The second-order valence-corrected chi connectivity index (χ2v) is 5.02. The molecule has 1 N–H and O–H groups in total. The SMILES string of the molecule is C[C@@]1(O)C[C@H]2CC[C@@H]1c1ccccc12. The lowest BCUT2D eigenvalue weighted by Crippen LogP contribution is -2.43. The molecule has 1 nitrogen and oxygen atoms in total. The number of benzene rings is 1. The van der Waals surface area contributed by atoms with Gasteiger partial charge in [0.15, 0.2) is 0 Å². The maximum Gasteiger partial charge on any atom is 0.0693 e. The van der Waals surface area contributed by atoms with E-state index in [1.807, 2.05) is 6.92 Å². The minimum absolute atomic E-state index is 0.378. The molecule has 0 amide bonds. The van der Waals surface area contributed by atoms with Crippen molar-refractivity contribution in [1.82, 2.24) is 0 Å².